The number of rotatable bonds is 5. The molecule has 0 unspecified atom stereocenters. The normalized spacial score (nSPS) is 13.9. The van der Waals surface area contributed by atoms with Gasteiger partial charge in [-0.25, -0.2) is 0 Å². The smallest absolute Gasteiger partial charge is 0.261 e. The number of halogens is 1. The summed E-state index contributed by atoms with van der Waals surface area (Å²) in [7, 11) is 0. The summed E-state index contributed by atoms with van der Waals surface area (Å²) in [6, 6.07) is 13.3. The fraction of sp³-hybridized carbons (Fsp3) is 0.316. The molecule has 0 N–H and O–H groups in total. The van der Waals surface area contributed by atoms with E-state index in [1.165, 1.54) is 0 Å². The van der Waals surface area contributed by atoms with Gasteiger partial charge in [0.05, 0.1) is 6.61 Å². The first-order valence-corrected chi connectivity index (χ1v) is 8.44. The van der Waals surface area contributed by atoms with E-state index in [1.807, 2.05) is 36.4 Å². The van der Waals surface area contributed by atoms with Crippen molar-refractivity contribution in [3.8, 4) is 11.5 Å². The van der Waals surface area contributed by atoms with Crippen LogP contribution in [-0.2, 0) is 17.9 Å². The number of amides is 1. The molecule has 0 spiro atoms. The fourth-order valence-electron chi connectivity index (χ4n) is 2.61. The Balaban J connectivity index is 1.72. The monoisotopic (exact) mass is 345 g/mol. The largest absolute Gasteiger partial charge is 0.494 e. The quantitative estimate of drug-likeness (QED) is 0.820. The summed E-state index contributed by atoms with van der Waals surface area (Å²) in [5.74, 6) is 1.54. The van der Waals surface area contributed by atoms with E-state index in [1.54, 1.807) is 11.0 Å². The Kier molecular flexibility index (Phi) is 5.26. The van der Waals surface area contributed by atoms with E-state index >= 15 is 0 Å². The molecule has 0 saturated heterocycles. The SMILES string of the molecule is CCCOc1ccc(CN2Cc3cc(Cl)ccc3OCC2=O)cc1. The lowest BCUT2D eigenvalue weighted by Crippen LogP contribution is -2.31. The van der Waals surface area contributed by atoms with Crippen molar-refractivity contribution in [3.63, 3.8) is 0 Å². The molecule has 5 heteroatoms. The minimum atomic E-state index is -0.0337. The molecule has 0 aliphatic carbocycles. The molecule has 1 heterocycles. The number of carbonyl (C=O) groups is 1. The number of carbonyl (C=O) groups excluding carboxylic acids is 1. The van der Waals surface area contributed by atoms with E-state index in [4.69, 9.17) is 21.1 Å². The topological polar surface area (TPSA) is 38.8 Å². The first-order chi connectivity index (χ1) is 11.7. The van der Waals surface area contributed by atoms with Crippen LogP contribution in [0.2, 0.25) is 5.02 Å². The molecule has 0 saturated carbocycles. The fourth-order valence-corrected chi connectivity index (χ4v) is 2.81. The maximum Gasteiger partial charge on any atom is 0.261 e. The number of hydrogen-bond donors (Lipinski definition) is 0. The third-order valence-electron chi connectivity index (χ3n) is 3.86. The second-order valence-electron chi connectivity index (χ2n) is 5.78. The number of nitrogens with zero attached hydrogens (tertiary/aromatic N) is 1. The molecule has 2 aromatic carbocycles. The maximum absolute atomic E-state index is 12.3. The summed E-state index contributed by atoms with van der Waals surface area (Å²) in [6.07, 6.45) is 0.978. The van der Waals surface area contributed by atoms with Crippen molar-refractivity contribution in [2.45, 2.75) is 26.4 Å². The molecule has 1 amide bonds. The van der Waals surface area contributed by atoms with Gasteiger partial charge in [-0.1, -0.05) is 30.7 Å². The molecular formula is C19H20ClNO3. The van der Waals surface area contributed by atoms with Crippen molar-refractivity contribution in [2.75, 3.05) is 13.2 Å². The molecule has 126 valence electrons. The number of benzene rings is 2. The van der Waals surface area contributed by atoms with Gasteiger partial charge in [0.1, 0.15) is 11.5 Å². The van der Waals surface area contributed by atoms with Gasteiger partial charge >= 0.3 is 0 Å². The van der Waals surface area contributed by atoms with Crippen LogP contribution in [0.25, 0.3) is 0 Å². The Labute approximate surface area is 146 Å². The number of fused-ring (bicyclic) bond motifs is 1. The molecule has 1 aliphatic rings. The van der Waals surface area contributed by atoms with Gasteiger partial charge in [-0.2, -0.15) is 0 Å². The van der Waals surface area contributed by atoms with Gasteiger partial charge in [0.15, 0.2) is 6.61 Å². The first-order valence-electron chi connectivity index (χ1n) is 8.06. The van der Waals surface area contributed by atoms with Crippen molar-refractivity contribution in [2.24, 2.45) is 0 Å². The Morgan fingerprint density at radius 3 is 2.75 bits per heavy atom. The molecule has 1 aliphatic heterocycles. The molecule has 24 heavy (non-hydrogen) atoms. The van der Waals surface area contributed by atoms with Crippen molar-refractivity contribution in [1.82, 2.24) is 4.90 Å². The van der Waals surface area contributed by atoms with Crippen LogP contribution in [0.3, 0.4) is 0 Å². The molecule has 0 aromatic heterocycles. The number of ether oxygens (including phenoxy) is 2. The zero-order valence-corrected chi connectivity index (χ0v) is 14.4. The van der Waals surface area contributed by atoms with Crippen LogP contribution in [0, 0.1) is 0 Å². The van der Waals surface area contributed by atoms with Crippen LogP contribution < -0.4 is 9.47 Å². The summed E-state index contributed by atoms with van der Waals surface area (Å²) in [5, 5.41) is 0.643. The zero-order chi connectivity index (χ0) is 16.9. The summed E-state index contributed by atoms with van der Waals surface area (Å²) in [4.78, 5) is 14.1. The van der Waals surface area contributed by atoms with Crippen molar-refractivity contribution < 1.29 is 14.3 Å². The Hall–Kier alpha value is -2.20. The van der Waals surface area contributed by atoms with Crippen molar-refractivity contribution >= 4 is 17.5 Å². The minimum Gasteiger partial charge on any atom is -0.494 e. The lowest BCUT2D eigenvalue weighted by molar-refractivity contribution is -0.133. The third kappa shape index (κ3) is 4.01. The molecule has 3 rings (SSSR count). The Morgan fingerprint density at radius 1 is 1.21 bits per heavy atom. The molecule has 0 radical (unpaired) electrons. The van der Waals surface area contributed by atoms with Crippen LogP contribution in [-0.4, -0.2) is 24.0 Å². The predicted octanol–water partition coefficient (Wildman–Crippen LogP) is 4.05. The van der Waals surface area contributed by atoms with Crippen LogP contribution in [0.15, 0.2) is 42.5 Å². The van der Waals surface area contributed by atoms with Gasteiger partial charge < -0.3 is 14.4 Å². The van der Waals surface area contributed by atoms with Crippen molar-refractivity contribution in [1.29, 1.82) is 0 Å². The van der Waals surface area contributed by atoms with Crippen LogP contribution in [0.1, 0.15) is 24.5 Å². The predicted molar refractivity (Wildman–Crippen MR) is 93.4 cm³/mol. The highest BCUT2D eigenvalue weighted by atomic mass is 35.5. The van der Waals surface area contributed by atoms with Crippen LogP contribution in [0.4, 0.5) is 0 Å². The van der Waals surface area contributed by atoms with E-state index in [2.05, 4.69) is 6.92 Å². The van der Waals surface area contributed by atoms with Gasteiger partial charge in [0, 0.05) is 23.7 Å². The summed E-state index contributed by atoms with van der Waals surface area (Å²) in [6.45, 7) is 3.85. The average Bonchev–Trinajstić information content (AvgIpc) is 2.73. The summed E-state index contributed by atoms with van der Waals surface area (Å²) >= 11 is 6.06. The van der Waals surface area contributed by atoms with E-state index in [0.29, 0.717) is 24.7 Å². The summed E-state index contributed by atoms with van der Waals surface area (Å²) < 4.78 is 11.2. The lowest BCUT2D eigenvalue weighted by atomic mass is 10.1. The van der Waals surface area contributed by atoms with Crippen LogP contribution >= 0.6 is 11.6 Å². The zero-order valence-electron chi connectivity index (χ0n) is 13.6. The molecule has 0 bridgehead atoms. The molecule has 0 atom stereocenters. The highest BCUT2D eigenvalue weighted by Gasteiger charge is 2.21. The van der Waals surface area contributed by atoms with E-state index in [0.717, 1.165) is 29.0 Å². The van der Waals surface area contributed by atoms with Gasteiger partial charge in [-0.05, 0) is 42.3 Å². The molecule has 0 fully saturated rings. The van der Waals surface area contributed by atoms with Gasteiger partial charge in [-0.3, -0.25) is 4.79 Å². The standard InChI is InChI=1S/C19H20ClNO3/c1-2-9-23-17-6-3-14(4-7-17)11-21-12-15-10-16(20)5-8-18(15)24-13-19(21)22/h3-8,10H,2,9,11-13H2,1H3. The first kappa shape index (κ1) is 16.7. The van der Waals surface area contributed by atoms with Gasteiger partial charge in [0.2, 0.25) is 0 Å². The summed E-state index contributed by atoms with van der Waals surface area (Å²) in [5.41, 5.74) is 1.98. The number of hydrogen-bond acceptors (Lipinski definition) is 3. The van der Waals surface area contributed by atoms with E-state index in [9.17, 15) is 4.79 Å². The highest BCUT2D eigenvalue weighted by molar-refractivity contribution is 6.30. The van der Waals surface area contributed by atoms with Gasteiger partial charge in [0.25, 0.3) is 5.91 Å². The van der Waals surface area contributed by atoms with Gasteiger partial charge in [-0.15, -0.1) is 0 Å². The van der Waals surface area contributed by atoms with E-state index < -0.39 is 0 Å². The highest BCUT2D eigenvalue weighted by Crippen LogP contribution is 2.27. The Morgan fingerprint density at radius 2 is 2.00 bits per heavy atom. The second-order valence-corrected chi connectivity index (χ2v) is 6.22. The third-order valence-corrected chi connectivity index (χ3v) is 4.09. The molecule has 2 aromatic rings. The second kappa shape index (κ2) is 7.58. The maximum atomic E-state index is 12.3. The lowest BCUT2D eigenvalue weighted by Gasteiger charge is -2.20. The van der Waals surface area contributed by atoms with Crippen molar-refractivity contribution in [3.05, 3.63) is 58.6 Å². The molecule has 4 nitrogen and oxygen atoms in total. The van der Waals surface area contributed by atoms with E-state index in [-0.39, 0.29) is 12.5 Å². The van der Waals surface area contributed by atoms with Crippen LogP contribution in [0.5, 0.6) is 11.5 Å². The molecular weight excluding hydrogens is 326 g/mol. The minimum absolute atomic E-state index is 0.0337. The Bertz CT molecular complexity index is 715. The average molecular weight is 346 g/mol.